The van der Waals surface area contributed by atoms with Gasteiger partial charge in [0.05, 0.1) is 6.54 Å². The van der Waals surface area contributed by atoms with E-state index in [1.807, 2.05) is 12.4 Å². The Kier molecular flexibility index (Phi) is 3.89. The van der Waals surface area contributed by atoms with E-state index in [-0.39, 0.29) is 5.66 Å². The highest BCUT2D eigenvalue weighted by Crippen LogP contribution is 2.42. The van der Waals surface area contributed by atoms with Crippen molar-refractivity contribution in [1.29, 1.82) is 0 Å². The van der Waals surface area contributed by atoms with Crippen LogP contribution >= 0.6 is 0 Å². The number of anilines is 1. The van der Waals surface area contributed by atoms with E-state index >= 15 is 0 Å². The normalized spacial score (nSPS) is 20.4. The minimum Gasteiger partial charge on any atom is -0.358 e. The van der Waals surface area contributed by atoms with Crippen LogP contribution in [0.1, 0.15) is 23.1 Å². The van der Waals surface area contributed by atoms with E-state index in [9.17, 15) is 0 Å². The third kappa shape index (κ3) is 2.69. The molecule has 1 atom stereocenters. The van der Waals surface area contributed by atoms with Crippen molar-refractivity contribution in [3.8, 4) is 0 Å². The molecule has 1 N–H and O–H groups in total. The monoisotopic (exact) mass is 354 g/mol. The zero-order valence-electron chi connectivity index (χ0n) is 15.2. The van der Waals surface area contributed by atoms with Gasteiger partial charge < -0.3 is 10.2 Å². The van der Waals surface area contributed by atoms with Crippen molar-refractivity contribution in [3.63, 3.8) is 0 Å². The lowest BCUT2D eigenvalue weighted by molar-refractivity contribution is 0.202. The van der Waals surface area contributed by atoms with Crippen molar-refractivity contribution >= 4 is 11.5 Å². The Hall–Kier alpha value is -3.14. The predicted molar refractivity (Wildman–Crippen MR) is 109 cm³/mol. The van der Waals surface area contributed by atoms with E-state index < -0.39 is 0 Å². The second-order valence-electron chi connectivity index (χ2n) is 7.11. The van der Waals surface area contributed by atoms with Crippen molar-refractivity contribution in [1.82, 2.24) is 9.88 Å². The van der Waals surface area contributed by atoms with Crippen LogP contribution in [0.4, 0.5) is 5.69 Å². The zero-order chi connectivity index (χ0) is 18.1. The van der Waals surface area contributed by atoms with Gasteiger partial charge in [0, 0.05) is 35.8 Å². The molecule has 0 spiro atoms. The maximum atomic E-state index is 4.86. The van der Waals surface area contributed by atoms with Crippen molar-refractivity contribution in [2.24, 2.45) is 4.99 Å². The number of pyridine rings is 1. The summed E-state index contributed by atoms with van der Waals surface area (Å²) in [4.78, 5) is 11.6. The second-order valence-corrected chi connectivity index (χ2v) is 7.11. The topological polar surface area (TPSA) is 40.5 Å². The Balaban J connectivity index is 1.61. The van der Waals surface area contributed by atoms with Crippen molar-refractivity contribution < 1.29 is 0 Å². The molecular weight excluding hydrogens is 332 g/mol. The first kappa shape index (κ1) is 16.1. The van der Waals surface area contributed by atoms with Gasteiger partial charge in [-0.1, -0.05) is 42.5 Å². The minimum absolute atomic E-state index is 0.317. The molecule has 2 aromatic carbocycles. The second kappa shape index (κ2) is 6.54. The first-order chi connectivity index (χ1) is 13.4. The summed E-state index contributed by atoms with van der Waals surface area (Å²) in [6.45, 7) is 1.76. The van der Waals surface area contributed by atoms with Crippen LogP contribution in [0.5, 0.6) is 0 Å². The minimum atomic E-state index is -0.317. The van der Waals surface area contributed by atoms with Gasteiger partial charge in [-0.3, -0.25) is 9.98 Å². The summed E-state index contributed by atoms with van der Waals surface area (Å²) < 4.78 is 0. The maximum absolute atomic E-state index is 4.86. The fraction of sp³-hybridized carbons (Fsp3) is 0.217. The molecule has 2 aliphatic rings. The Morgan fingerprint density at radius 2 is 1.70 bits per heavy atom. The first-order valence-corrected chi connectivity index (χ1v) is 9.51. The standard InChI is InChI=1S/C23H22N4/c1-2-6-18(7-3-1)10-13-23(19-11-14-24-15-12-19)26-21-9-5-4-8-20(21)22-25-16-17-27(22)23/h1-9,11-12,14-15,26H,10,13,16-17H2. The lowest BCUT2D eigenvalue weighted by Crippen LogP contribution is -2.56. The maximum Gasteiger partial charge on any atom is 0.138 e. The number of hydrogen-bond acceptors (Lipinski definition) is 4. The smallest absolute Gasteiger partial charge is 0.138 e. The molecule has 134 valence electrons. The molecule has 4 heteroatoms. The third-order valence-electron chi connectivity index (χ3n) is 5.59. The number of nitrogens with one attached hydrogen (secondary N) is 1. The Morgan fingerprint density at radius 1 is 0.926 bits per heavy atom. The van der Waals surface area contributed by atoms with Gasteiger partial charge in [-0.05, 0) is 42.7 Å². The fourth-order valence-electron chi connectivity index (χ4n) is 4.29. The number of hydrogen-bond donors (Lipinski definition) is 1. The molecule has 0 saturated carbocycles. The van der Waals surface area contributed by atoms with E-state index in [1.165, 1.54) is 16.7 Å². The fourth-order valence-corrected chi connectivity index (χ4v) is 4.29. The Labute approximate surface area is 159 Å². The van der Waals surface area contributed by atoms with Gasteiger partial charge in [-0.15, -0.1) is 0 Å². The molecule has 0 aliphatic carbocycles. The SMILES string of the molecule is c1ccc(CCC2(c3ccncc3)Nc3ccccc3C3=NCCN32)cc1. The summed E-state index contributed by atoms with van der Waals surface area (Å²) in [5.74, 6) is 1.11. The van der Waals surface area contributed by atoms with Gasteiger partial charge in [-0.2, -0.15) is 0 Å². The van der Waals surface area contributed by atoms with Gasteiger partial charge in [0.15, 0.2) is 0 Å². The number of aromatic nitrogens is 1. The van der Waals surface area contributed by atoms with E-state index in [0.29, 0.717) is 0 Å². The first-order valence-electron chi connectivity index (χ1n) is 9.51. The number of para-hydroxylation sites is 1. The third-order valence-corrected chi connectivity index (χ3v) is 5.59. The number of aryl methyl sites for hydroxylation is 1. The lowest BCUT2D eigenvalue weighted by atomic mass is 9.87. The van der Waals surface area contributed by atoms with Crippen molar-refractivity contribution in [2.45, 2.75) is 18.5 Å². The molecular formula is C23H22N4. The summed E-state index contributed by atoms with van der Waals surface area (Å²) in [6, 6.07) is 23.5. The number of amidine groups is 1. The van der Waals surface area contributed by atoms with Crippen LogP contribution < -0.4 is 5.32 Å². The summed E-state index contributed by atoms with van der Waals surface area (Å²) in [5, 5.41) is 3.89. The average Bonchev–Trinajstić information content (AvgIpc) is 3.24. The summed E-state index contributed by atoms with van der Waals surface area (Å²) in [7, 11) is 0. The molecule has 1 unspecified atom stereocenters. The van der Waals surface area contributed by atoms with Crippen LogP contribution in [0.15, 0.2) is 84.1 Å². The largest absolute Gasteiger partial charge is 0.358 e. The summed E-state index contributed by atoms with van der Waals surface area (Å²) in [6.07, 6.45) is 5.71. The quantitative estimate of drug-likeness (QED) is 0.768. The van der Waals surface area contributed by atoms with Gasteiger partial charge >= 0.3 is 0 Å². The molecule has 5 rings (SSSR count). The van der Waals surface area contributed by atoms with Crippen LogP contribution in [-0.4, -0.2) is 28.8 Å². The number of nitrogens with zero attached hydrogens (tertiary/aromatic N) is 3. The lowest BCUT2D eigenvalue weighted by Gasteiger charge is -2.49. The number of benzene rings is 2. The molecule has 0 saturated heterocycles. The van der Waals surface area contributed by atoms with E-state index in [0.717, 1.165) is 37.5 Å². The van der Waals surface area contributed by atoms with Crippen LogP contribution in [0.25, 0.3) is 0 Å². The van der Waals surface area contributed by atoms with E-state index in [4.69, 9.17) is 4.99 Å². The van der Waals surface area contributed by atoms with Crippen LogP contribution in [0.3, 0.4) is 0 Å². The molecule has 27 heavy (non-hydrogen) atoms. The zero-order valence-corrected chi connectivity index (χ0v) is 15.2. The highest BCUT2D eigenvalue weighted by Gasteiger charge is 2.45. The Bertz CT molecular complexity index is 968. The molecule has 2 aliphatic heterocycles. The summed E-state index contributed by atoms with van der Waals surface area (Å²) >= 11 is 0. The average molecular weight is 354 g/mol. The highest BCUT2D eigenvalue weighted by molar-refractivity contribution is 6.06. The van der Waals surface area contributed by atoms with Crippen LogP contribution in [0, 0.1) is 0 Å². The summed E-state index contributed by atoms with van der Waals surface area (Å²) in [5.41, 5.74) is 4.61. The van der Waals surface area contributed by atoms with Gasteiger partial charge in [0.25, 0.3) is 0 Å². The molecule has 1 aromatic heterocycles. The van der Waals surface area contributed by atoms with Crippen LogP contribution in [0.2, 0.25) is 0 Å². The molecule has 0 amide bonds. The molecule has 0 radical (unpaired) electrons. The number of fused-ring (bicyclic) bond motifs is 3. The molecule has 3 aromatic rings. The molecule has 3 heterocycles. The van der Waals surface area contributed by atoms with Gasteiger partial charge in [0.1, 0.15) is 11.5 Å². The van der Waals surface area contributed by atoms with Crippen molar-refractivity contribution in [2.75, 3.05) is 18.4 Å². The predicted octanol–water partition coefficient (Wildman–Crippen LogP) is 4.06. The van der Waals surface area contributed by atoms with Crippen LogP contribution in [-0.2, 0) is 12.1 Å². The molecule has 0 bridgehead atoms. The molecule has 0 fully saturated rings. The van der Waals surface area contributed by atoms with Gasteiger partial charge in [0.2, 0.25) is 0 Å². The number of aliphatic imine (C=N–C) groups is 1. The van der Waals surface area contributed by atoms with Crippen molar-refractivity contribution in [3.05, 3.63) is 95.8 Å². The number of rotatable bonds is 4. The highest BCUT2D eigenvalue weighted by atomic mass is 15.4. The van der Waals surface area contributed by atoms with E-state index in [1.54, 1.807) is 0 Å². The van der Waals surface area contributed by atoms with E-state index in [2.05, 4.69) is 81.9 Å². The Morgan fingerprint density at radius 3 is 2.56 bits per heavy atom. The van der Waals surface area contributed by atoms with Gasteiger partial charge in [-0.25, -0.2) is 0 Å². The molecule has 4 nitrogen and oxygen atoms in total.